The highest BCUT2D eigenvalue weighted by Gasteiger charge is 2.47. The van der Waals surface area contributed by atoms with Crippen molar-refractivity contribution in [2.45, 2.75) is 56.7 Å². The summed E-state index contributed by atoms with van der Waals surface area (Å²) < 4.78 is 2.86. The molecule has 1 amide bonds. The molecule has 20 heavy (non-hydrogen) atoms. The summed E-state index contributed by atoms with van der Waals surface area (Å²) in [6, 6.07) is 0.444. The minimum Gasteiger partial charge on any atom is -0.344 e. The first-order chi connectivity index (χ1) is 9.70. The zero-order chi connectivity index (χ0) is 13.7. The summed E-state index contributed by atoms with van der Waals surface area (Å²) >= 11 is 3.56. The minimum absolute atomic E-state index is 0.0191. The van der Waals surface area contributed by atoms with Crippen LogP contribution in [0.3, 0.4) is 0 Å². The molecule has 2 fully saturated rings. The molecular formula is C14H19BrN4O. The van der Waals surface area contributed by atoms with Gasteiger partial charge >= 0.3 is 0 Å². The van der Waals surface area contributed by atoms with E-state index in [1.807, 2.05) is 4.68 Å². The van der Waals surface area contributed by atoms with Crippen LogP contribution in [-0.4, -0.2) is 33.8 Å². The van der Waals surface area contributed by atoms with Crippen molar-refractivity contribution < 1.29 is 4.79 Å². The van der Waals surface area contributed by atoms with Gasteiger partial charge in [-0.05, 0) is 61.0 Å². The Morgan fingerprint density at radius 1 is 1.45 bits per heavy atom. The fraction of sp³-hybridized carbons (Fsp3) is 0.714. The van der Waals surface area contributed by atoms with Gasteiger partial charge in [-0.1, -0.05) is 0 Å². The first-order valence-electron chi connectivity index (χ1n) is 7.51. The molecule has 0 radical (unpaired) electrons. The molecule has 1 saturated carbocycles. The van der Waals surface area contributed by atoms with Crippen LogP contribution in [0.15, 0.2) is 4.47 Å². The lowest BCUT2D eigenvalue weighted by Crippen LogP contribution is -2.53. The van der Waals surface area contributed by atoms with E-state index in [4.69, 9.17) is 0 Å². The van der Waals surface area contributed by atoms with E-state index in [2.05, 4.69) is 31.7 Å². The largest absolute Gasteiger partial charge is 0.344 e. The van der Waals surface area contributed by atoms with Gasteiger partial charge in [-0.3, -0.25) is 9.48 Å². The Kier molecular flexibility index (Phi) is 2.93. The fourth-order valence-electron chi connectivity index (χ4n) is 4.08. The van der Waals surface area contributed by atoms with Gasteiger partial charge in [0.25, 0.3) is 5.91 Å². The number of hydrogen-bond acceptors (Lipinski definition) is 3. The second-order valence-corrected chi connectivity index (χ2v) is 6.99. The SMILES string of the molecule is O=C(NC12CCCC1NCC2)c1nn2c(c1Br)CCC2. The Bertz CT molecular complexity index is 558. The van der Waals surface area contributed by atoms with Gasteiger partial charge in [0.2, 0.25) is 0 Å². The van der Waals surface area contributed by atoms with Crippen LogP contribution >= 0.6 is 15.9 Å². The second kappa shape index (κ2) is 4.56. The summed E-state index contributed by atoms with van der Waals surface area (Å²) in [5.74, 6) is -0.0191. The number of halogens is 1. The minimum atomic E-state index is -0.0371. The van der Waals surface area contributed by atoms with E-state index < -0.39 is 0 Å². The summed E-state index contributed by atoms with van der Waals surface area (Å²) in [7, 11) is 0. The van der Waals surface area contributed by atoms with Gasteiger partial charge in [0, 0.05) is 12.6 Å². The van der Waals surface area contributed by atoms with Crippen LogP contribution in [0.5, 0.6) is 0 Å². The third-order valence-corrected chi connectivity index (χ3v) is 5.93. The summed E-state index contributed by atoms with van der Waals surface area (Å²) in [6.07, 6.45) is 6.62. The highest BCUT2D eigenvalue weighted by Crippen LogP contribution is 2.37. The Morgan fingerprint density at radius 3 is 3.20 bits per heavy atom. The van der Waals surface area contributed by atoms with Gasteiger partial charge in [0.05, 0.1) is 15.7 Å². The predicted octanol–water partition coefficient (Wildman–Crippen LogP) is 1.61. The number of hydrogen-bond donors (Lipinski definition) is 2. The van der Waals surface area contributed by atoms with E-state index in [0.717, 1.165) is 43.2 Å². The van der Waals surface area contributed by atoms with Crippen molar-refractivity contribution in [3.63, 3.8) is 0 Å². The number of fused-ring (bicyclic) bond motifs is 2. The number of amides is 1. The Hall–Kier alpha value is -0.880. The third kappa shape index (κ3) is 1.77. The van der Waals surface area contributed by atoms with Crippen LogP contribution in [0.4, 0.5) is 0 Å². The number of carbonyl (C=O) groups is 1. The van der Waals surface area contributed by atoms with Crippen LogP contribution in [0.2, 0.25) is 0 Å². The molecule has 3 aliphatic rings. The molecule has 6 heteroatoms. The molecule has 3 heterocycles. The molecule has 1 aromatic rings. The molecule has 2 N–H and O–H groups in total. The summed E-state index contributed by atoms with van der Waals surface area (Å²) in [5.41, 5.74) is 1.69. The monoisotopic (exact) mass is 338 g/mol. The van der Waals surface area contributed by atoms with Crippen molar-refractivity contribution in [1.82, 2.24) is 20.4 Å². The number of aromatic nitrogens is 2. The average Bonchev–Trinajstić information content (AvgIpc) is 3.10. The third-order valence-electron chi connectivity index (χ3n) is 5.10. The lowest BCUT2D eigenvalue weighted by Gasteiger charge is -2.29. The fourth-order valence-corrected chi connectivity index (χ4v) is 4.74. The Labute approximate surface area is 126 Å². The zero-order valence-electron chi connectivity index (χ0n) is 11.4. The molecule has 1 aromatic heterocycles. The smallest absolute Gasteiger partial charge is 0.273 e. The average molecular weight is 339 g/mol. The maximum absolute atomic E-state index is 12.6. The van der Waals surface area contributed by atoms with E-state index in [-0.39, 0.29) is 11.4 Å². The van der Waals surface area contributed by atoms with Gasteiger partial charge < -0.3 is 10.6 Å². The summed E-state index contributed by atoms with van der Waals surface area (Å²) in [5, 5.41) is 11.3. The quantitative estimate of drug-likeness (QED) is 0.861. The van der Waals surface area contributed by atoms with Crippen molar-refractivity contribution >= 4 is 21.8 Å². The topological polar surface area (TPSA) is 59.0 Å². The van der Waals surface area contributed by atoms with Gasteiger partial charge in [-0.2, -0.15) is 5.10 Å². The molecule has 2 aliphatic heterocycles. The van der Waals surface area contributed by atoms with Crippen molar-refractivity contribution in [3.05, 3.63) is 15.9 Å². The van der Waals surface area contributed by atoms with Crippen LogP contribution in [0.1, 0.15) is 48.3 Å². The maximum atomic E-state index is 12.6. The lowest BCUT2D eigenvalue weighted by atomic mass is 9.93. The molecule has 108 valence electrons. The second-order valence-electron chi connectivity index (χ2n) is 6.20. The Morgan fingerprint density at radius 2 is 2.35 bits per heavy atom. The zero-order valence-corrected chi connectivity index (χ0v) is 13.0. The highest BCUT2D eigenvalue weighted by molar-refractivity contribution is 9.10. The van der Waals surface area contributed by atoms with E-state index in [9.17, 15) is 4.79 Å². The van der Waals surface area contributed by atoms with Crippen molar-refractivity contribution in [2.24, 2.45) is 0 Å². The van der Waals surface area contributed by atoms with Crippen molar-refractivity contribution in [2.75, 3.05) is 6.54 Å². The predicted molar refractivity (Wildman–Crippen MR) is 78.7 cm³/mol. The van der Waals surface area contributed by atoms with Gasteiger partial charge in [-0.15, -0.1) is 0 Å². The molecule has 4 rings (SSSR count). The Balaban J connectivity index is 1.59. The molecular weight excluding hydrogens is 320 g/mol. The van der Waals surface area contributed by atoms with E-state index in [1.54, 1.807) is 0 Å². The number of rotatable bonds is 2. The molecule has 1 saturated heterocycles. The standard InChI is InChI=1S/C14H19BrN4O/c15-11-9-3-2-8-19(9)18-12(11)13(20)17-14-5-1-4-10(14)16-7-6-14/h10,16H,1-8H2,(H,17,20). The van der Waals surface area contributed by atoms with Crippen molar-refractivity contribution in [3.8, 4) is 0 Å². The molecule has 5 nitrogen and oxygen atoms in total. The van der Waals surface area contributed by atoms with Gasteiger partial charge in [0.1, 0.15) is 0 Å². The van der Waals surface area contributed by atoms with Crippen LogP contribution in [0, 0.1) is 0 Å². The molecule has 0 spiro atoms. The molecule has 2 atom stereocenters. The van der Waals surface area contributed by atoms with Crippen LogP contribution in [-0.2, 0) is 13.0 Å². The van der Waals surface area contributed by atoms with Crippen LogP contribution in [0.25, 0.3) is 0 Å². The number of aryl methyl sites for hydroxylation is 1. The maximum Gasteiger partial charge on any atom is 0.273 e. The number of carbonyl (C=O) groups excluding carboxylic acids is 1. The molecule has 1 aliphatic carbocycles. The van der Waals surface area contributed by atoms with E-state index in [1.165, 1.54) is 18.5 Å². The van der Waals surface area contributed by atoms with E-state index >= 15 is 0 Å². The molecule has 0 aromatic carbocycles. The van der Waals surface area contributed by atoms with E-state index in [0.29, 0.717) is 11.7 Å². The van der Waals surface area contributed by atoms with Crippen LogP contribution < -0.4 is 10.6 Å². The van der Waals surface area contributed by atoms with Gasteiger partial charge in [-0.25, -0.2) is 0 Å². The number of nitrogens with zero attached hydrogens (tertiary/aromatic N) is 2. The highest BCUT2D eigenvalue weighted by atomic mass is 79.9. The summed E-state index contributed by atoms with van der Waals surface area (Å²) in [6.45, 7) is 1.93. The molecule has 0 bridgehead atoms. The first-order valence-corrected chi connectivity index (χ1v) is 8.30. The molecule has 2 unspecified atom stereocenters. The number of nitrogens with one attached hydrogen (secondary N) is 2. The normalized spacial score (nSPS) is 31.4. The first kappa shape index (κ1) is 12.8. The summed E-state index contributed by atoms with van der Waals surface area (Å²) in [4.78, 5) is 12.6. The van der Waals surface area contributed by atoms with Crippen molar-refractivity contribution in [1.29, 1.82) is 0 Å². The lowest BCUT2D eigenvalue weighted by molar-refractivity contribution is 0.0891. The van der Waals surface area contributed by atoms with Gasteiger partial charge in [0.15, 0.2) is 5.69 Å².